The van der Waals surface area contributed by atoms with E-state index in [1.807, 2.05) is 30.3 Å². The van der Waals surface area contributed by atoms with Crippen LogP contribution in [0.3, 0.4) is 0 Å². The molecule has 2 aromatic carbocycles. The first-order chi connectivity index (χ1) is 11.8. The lowest BCUT2D eigenvalue weighted by Crippen LogP contribution is -2.13. The van der Waals surface area contributed by atoms with Gasteiger partial charge < -0.3 is 14.8 Å². The molecule has 5 heteroatoms. The summed E-state index contributed by atoms with van der Waals surface area (Å²) in [7, 11) is 1.48. The molecule has 3 rings (SSSR count). The highest BCUT2D eigenvalue weighted by molar-refractivity contribution is 6.05. The van der Waals surface area contributed by atoms with Crippen molar-refractivity contribution in [1.82, 2.24) is 4.98 Å². The smallest absolute Gasteiger partial charge is 0.261 e. The minimum absolute atomic E-state index is 0.281. The summed E-state index contributed by atoms with van der Waals surface area (Å²) < 4.78 is 10.8. The van der Waals surface area contributed by atoms with Gasteiger partial charge in [-0.25, -0.2) is 4.98 Å². The van der Waals surface area contributed by atoms with E-state index < -0.39 is 0 Å². The predicted octanol–water partition coefficient (Wildman–Crippen LogP) is 4.13. The van der Waals surface area contributed by atoms with Crippen LogP contribution in [0.25, 0.3) is 0 Å². The number of nitrogens with one attached hydrogen (secondary N) is 1. The quantitative estimate of drug-likeness (QED) is 0.767. The summed E-state index contributed by atoms with van der Waals surface area (Å²) in [5.41, 5.74) is 1.04. The standard InChI is InChI=1S/C19H16N2O3/c1-23-19-17(8-5-13-20-19)18(22)21-14-9-11-16(12-10-14)24-15-6-3-2-4-7-15/h2-13H,1H3,(H,21,22). The van der Waals surface area contributed by atoms with Gasteiger partial charge in [0, 0.05) is 11.9 Å². The lowest BCUT2D eigenvalue weighted by Gasteiger charge is -2.09. The Bertz CT molecular complexity index is 818. The number of pyridine rings is 1. The maximum Gasteiger partial charge on any atom is 0.261 e. The summed E-state index contributed by atoms with van der Waals surface area (Å²) in [6.07, 6.45) is 1.57. The van der Waals surface area contributed by atoms with Gasteiger partial charge in [0.05, 0.1) is 7.11 Å². The van der Waals surface area contributed by atoms with E-state index in [0.29, 0.717) is 22.9 Å². The van der Waals surface area contributed by atoms with E-state index in [1.54, 1.807) is 42.6 Å². The zero-order chi connectivity index (χ0) is 16.8. The molecular formula is C19H16N2O3. The van der Waals surface area contributed by atoms with Crippen molar-refractivity contribution in [2.75, 3.05) is 12.4 Å². The molecule has 1 N–H and O–H groups in total. The van der Waals surface area contributed by atoms with Gasteiger partial charge in [-0.3, -0.25) is 4.79 Å². The van der Waals surface area contributed by atoms with Gasteiger partial charge in [0.1, 0.15) is 17.1 Å². The maximum atomic E-state index is 12.3. The Hall–Kier alpha value is -3.34. The van der Waals surface area contributed by atoms with Crippen LogP contribution in [0, 0.1) is 0 Å². The average Bonchev–Trinajstić information content (AvgIpc) is 2.64. The number of hydrogen-bond donors (Lipinski definition) is 1. The Labute approximate surface area is 139 Å². The first-order valence-corrected chi connectivity index (χ1v) is 7.39. The number of nitrogens with zero attached hydrogens (tertiary/aromatic N) is 1. The van der Waals surface area contributed by atoms with Crippen LogP contribution in [-0.4, -0.2) is 18.0 Å². The summed E-state index contributed by atoms with van der Waals surface area (Å²) in [4.78, 5) is 16.3. The molecule has 0 saturated heterocycles. The highest BCUT2D eigenvalue weighted by Crippen LogP contribution is 2.23. The molecule has 1 heterocycles. The molecule has 0 aliphatic rings. The van der Waals surface area contributed by atoms with E-state index in [0.717, 1.165) is 5.75 Å². The fraction of sp³-hybridized carbons (Fsp3) is 0.0526. The lowest BCUT2D eigenvalue weighted by atomic mass is 10.2. The minimum atomic E-state index is -0.281. The van der Waals surface area contributed by atoms with Gasteiger partial charge in [-0.1, -0.05) is 18.2 Å². The monoisotopic (exact) mass is 320 g/mol. The van der Waals surface area contributed by atoms with Crippen LogP contribution >= 0.6 is 0 Å². The molecule has 0 aliphatic heterocycles. The summed E-state index contributed by atoms with van der Waals surface area (Å²) in [6, 6.07) is 20.0. The molecule has 0 fully saturated rings. The zero-order valence-corrected chi connectivity index (χ0v) is 13.1. The third kappa shape index (κ3) is 3.70. The Kier molecular flexibility index (Phi) is 4.72. The lowest BCUT2D eigenvalue weighted by molar-refractivity contribution is 0.102. The van der Waals surface area contributed by atoms with Crippen molar-refractivity contribution in [3.05, 3.63) is 78.5 Å². The topological polar surface area (TPSA) is 60.5 Å². The number of anilines is 1. The Morgan fingerprint density at radius 2 is 1.62 bits per heavy atom. The van der Waals surface area contributed by atoms with Gasteiger partial charge in [0.2, 0.25) is 5.88 Å². The Morgan fingerprint density at radius 3 is 2.33 bits per heavy atom. The van der Waals surface area contributed by atoms with Crippen molar-refractivity contribution >= 4 is 11.6 Å². The van der Waals surface area contributed by atoms with Crippen LogP contribution in [0.1, 0.15) is 10.4 Å². The number of ether oxygens (including phenoxy) is 2. The molecule has 1 amide bonds. The molecule has 0 saturated carbocycles. The zero-order valence-electron chi connectivity index (χ0n) is 13.1. The number of hydrogen-bond acceptors (Lipinski definition) is 4. The fourth-order valence-corrected chi connectivity index (χ4v) is 2.16. The number of benzene rings is 2. The van der Waals surface area contributed by atoms with Crippen molar-refractivity contribution in [2.45, 2.75) is 0 Å². The van der Waals surface area contributed by atoms with Crippen LogP contribution in [-0.2, 0) is 0 Å². The third-order valence-corrected chi connectivity index (χ3v) is 3.30. The Balaban J connectivity index is 1.69. The van der Waals surface area contributed by atoms with Gasteiger partial charge in [0.15, 0.2) is 0 Å². The number of rotatable bonds is 5. The summed E-state index contributed by atoms with van der Waals surface area (Å²) >= 11 is 0. The first-order valence-electron chi connectivity index (χ1n) is 7.39. The molecule has 0 radical (unpaired) electrons. The summed E-state index contributed by atoms with van der Waals surface area (Å²) in [5.74, 6) is 1.46. The molecular weight excluding hydrogens is 304 g/mol. The molecule has 0 atom stereocenters. The van der Waals surface area contributed by atoms with Crippen molar-refractivity contribution in [3.8, 4) is 17.4 Å². The summed E-state index contributed by atoms with van der Waals surface area (Å²) in [6.45, 7) is 0. The SMILES string of the molecule is COc1ncccc1C(=O)Nc1ccc(Oc2ccccc2)cc1. The van der Waals surface area contributed by atoms with E-state index >= 15 is 0 Å². The molecule has 0 bridgehead atoms. The van der Waals surface area contributed by atoms with Crippen LogP contribution < -0.4 is 14.8 Å². The number of carbonyl (C=O) groups is 1. The van der Waals surface area contributed by atoms with Crippen molar-refractivity contribution < 1.29 is 14.3 Å². The number of methoxy groups -OCH3 is 1. The van der Waals surface area contributed by atoms with Gasteiger partial charge in [0.25, 0.3) is 5.91 Å². The number of carbonyl (C=O) groups excluding carboxylic acids is 1. The highest BCUT2D eigenvalue weighted by atomic mass is 16.5. The average molecular weight is 320 g/mol. The second kappa shape index (κ2) is 7.28. The van der Waals surface area contributed by atoms with E-state index in [1.165, 1.54) is 7.11 Å². The van der Waals surface area contributed by atoms with Crippen LogP contribution in [0.5, 0.6) is 17.4 Å². The van der Waals surface area contributed by atoms with Gasteiger partial charge in [-0.15, -0.1) is 0 Å². The molecule has 24 heavy (non-hydrogen) atoms. The minimum Gasteiger partial charge on any atom is -0.480 e. The summed E-state index contributed by atoms with van der Waals surface area (Å²) in [5, 5.41) is 2.81. The van der Waals surface area contributed by atoms with Crippen molar-refractivity contribution in [1.29, 1.82) is 0 Å². The van der Waals surface area contributed by atoms with Gasteiger partial charge in [-0.05, 0) is 48.5 Å². The molecule has 3 aromatic rings. The maximum absolute atomic E-state index is 12.3. The number of amides is 1. The molecule has 120 valence electrons. The predicted molar refractivity (Wildman–Crippen MR) is 91.7 cm³/mol. The third-order valence-electron chi connectivity index (χ3n) is 3.30. The molecule has 1 aromatic heterocycles. The van der Waals surface area contributed by atoms with Crippen LogP contribution in [0.4, 0.5) is 5.69 Å². The number of para-hydroxylation sites is 1. The molecule has 5 nitrogen and oxygen atoms in total. The van der Waals surface area contributed by atoms with Gasteiger partial charge in [-0.2, -0.15) is 0 Å². The Morgan fingerprint density at radius 1 is 0.917 bits per heavy atom. The molecule has 0 unspecified atom stereocenters. The van der Waals surface area contributed by atoms with E-state index in [-0.39, 0.29) is 5.91 Å². The fourth-order valence-electron chi connectivity index (χ4n) is 2.16. The van der Waals surface area contributed by atoms with Crippen molar-refractivity contribution in [3.63, 3.8) is 0 Å². The number of aromatic nitrogens is 1. The molecule has 0 aliphatic carbocycles. The van der Waals surface area contributed by atoms with E-state index in [2.05, 4.69) is 10.3 Å². The van der Waals surface area contributed by atoms with Crippen LogP contribution in [0.2, 0.25) is 0 Å². The largest absolute Gasteiger partial charge is 0.480 e. The molecule has 0 spiro atoms. The van der Waals surface area contributed by atoms with E-state index in [4.69, 9.17) is 9.47 Å². The second-order valence-corrected chi connectivity index (χ2v) is 4.95. The van der Waals surface area contributed by atoms with Crippen molar-refractivity contribution in [2.24, 2.45) is 0 Å². The first kappa shape index (κ1) is 15.6. The van der Waals surface area contributed by atoms with Gasteiger partial charge >= 0.3 is 0 Å². The second-order valence-electron chi connectivity index (χ2n) is 4.95. The highest BCUT2D eigenvalue weighted by Gasteiger charge is 2.12. The van der Waals surface area contributed by atoms with Crippen LogP contribution in [0.15, 0.2) is 72.9 Å². The normalized spacial score (nSPS) is 10.0. The van der Waals surface area contributed by atoms with E-state index in [9.17, 15) is 4.79 Å².